The molecule has 0 saturated carbocycles. The lowest BCUT2D eigenvalue weighted by molar-refractivity contribution is 0.550. The second-order valence-electron chi connectivity index (χ2n) is 7.57. The molecule has 138 valence electrons. The fraction of sp³-hybridized carbons (Fsp3) is 0.739. The van der Waals surface area contributed by atoms with Crippen LogP contribution in [0.1, 0.15) is 90.0 Å². The Hall–Kier alpha value is -0.430. The van der Waals surface area contributed by atoms with Crippen molar-refractivity contribution in [2.75, 3.05) is 12.0 Å². The molecular formula is C23H41S+. The zero-order valence-corrected chi connectivity index (χ0v) is 17.4. The van der Waals surface area contributed by atoms with Crippen molar-refractivity contribution >= 4 is 10.9 Å². The molecule has 0 N–H and O–H groups in total. The van der Waals surface area contributed by atoms with Gasteiger partial charge in [0.05, 0.1) is 6.26 Å². The maximum atomic E-state index is 2.44. The molecule has 0 aromatic heterocycles. The monoisotopic (exact) mass is 349 g/mol. The van der Waals surface area contributed by atoms with Gasteiger partial charge in [-0.05, 0) is 56.0 Å². The Morgan fingerprint density at radius 2 is 1.12 bits per heavy atom. The molecule has 24 heavy (non-hydrogen) atoms. The predicted molar refractivity (Wildman–Crippen MR) is 114 cm³/mol. The predicted octanol–water partition coefficient (Wildman–Crippen LogP) is 7.18. The molecule has 0 aliphatic rings. The fourth-order valence-electron chi connectivity index (χ4n) is 3.13. The van der Waals surface area contributed by atoms with Crippen LogP contribution in [-0.2, 0) is 17.3 Å². The molecule has 1 heteroatoms. The Morgan fingerprint density at radius 3 is 1.62 bits per heavy atom. The van der Waals surface area contributed by atoms with Crippen molar-refractivity contribution in [1.82, 2.24) is 0 Å². The first-order chi connectivity index (χ1) is 11.7. The van der Waals surface area contributed by atoms with Gasteiger partial charge in [-0.3, -0.25) is 0 Å². The maximum Gasteiger partial charge on any atom is 0.112 e. The van der Waals surface area contributed by atoms with Gasteiger partial charge >= 0.3 is 0 Å². The molecule has 0 spiro atoms. The van der Waals surface area contributed by atoms with Gasteiger partial charge in [0, 0.05) is 0 Å². The molecule has 0 amide bonds. The average molecular weight is 350 g/mol. The zero-order chi connectivity index (χ0) is 17.5. The number of benzene rings is 1. The van der Waals surface area contributed by atoms with Gasteiger partial charge in [0.25, 0.3) is 0 Å². The molecule has 0 radical (unpaired) electrons. The normalized spacial score (nSPS) is 12.7. The van der Waals surface area contributed by atoms with Crippen LogP contribution in [0.5, 0.6) is 0 Å². The van der Waals surface area contributed by atoms with E-state index in [-0.39, 0.29) is 0 Å². The third-order valence-corrected chi connectivity index (χ3v) is 7.62. The standard InChI is InChI=1S/C23H41S/c1-22(2)24(3)21-17-12-10-8-6-4-5-7-9-11-14-18-23-19-15-13-16-20-23/h13,15-16,19-20,22H,4-12,14,17-18,21H2,1-3H3/q+1. The highest BCUT2D eigenvalue weighted by Gasteiger charge is 2.14. The van der Waals surface area contributed by atoms with Crippen molar-refractivity contribution in [3.05, 3.63) is 35.9 Å². The van der Waals surface area contributed by atoms with Gasteiger partial charge in [0.15, 0.2) is 0 Å². The highest BCUT2D eigenvalue weighted by molar-refractivity contribution is 7.96. The number of hydrogen-bond acceptors (Lipinski definition) is 0. The van der Waals surface area contributed by atoms with Crippen molar-refractivity contribution in [1.29, 1.82) is 0 Å². The van der Waals surface area contributed by atoms with E-state index in [1.54, 1.807) is 0 Å². The third-order valence-electron chi connectivity index (χ3n) is 5.08. The molecule has 1 aromatic carbocycles. The van der Waals surface area contributed by atoms with E-state index in [2.05, 4.69) is 50.4 Å². The topological polar surface area (TPSA) is 0 Å². The average Bonchev–Trinajstić information content (AvgIpc) is 2.59. The smallest absolute Gasteiger partial charge is 0.0622 e. The highest BCUT2D eigenvalue weighted by Crippen LogP contribution is 2.13. The van der Waals surface area contributed by atoms with Gasteiger partial charge in [-0.25, -0.2) is 0 Å². The van der Waals surface area contributed by atoms with E-state index in [9.17, 15) is 0 Å². The molecule has 0 heterocycles. The van der Waals surface area contributed by atoms with Crippen molar-refractivity contribution in [3.63, 3.8) is 0 Å². The van der Waals surface area contributed by atoms with E-state index in [1.807, 2.05) is 0 Å². The van der Waals surface area contributed by atoms with Crippen LogP contribution in [0.15, 0.2) is 30.3 Å². The Labute approximate surface area is 155 Å². The van der Waals surface area contributed by atoms with Crippen LogP contribution >= 0.6 is 0 Å². The second-order valence-corrected chi connectivity index (χ2v) is 10.3. The Kier molecular flexibility index (Phi) is 13.4. The van der Waals surface area contributed by atoms with Gasteiger partial charge in [0.1, 0.15) is 11.0 Å². The molecule has 1 rings (SSSR count). The van der Waals surface area contributed by atoms with Crippen molar-refractivity contribution in [3.8, 4) is 0 Å². The minimum atomic E-state index is 0.651. The summed E-state index contributed by atoms with van der Waals surface area (Å²) in [5.41, 5.74) is 1.50. The highest BCUT2D eigenvalue weighted by atomic mass is 32.2. The molecule has 0 aliphatic carbocycles. The second kappa shape index (κ2) is 14.9. The SMILES string of the molecule is CC(C)[S+](C)CCCCCCCCCCCCCc1ccccc1. The van der Waals surface area contributed by atoms with Gasteiger partial charge in [-0.15, -0.1) is 0 Å². The molecule has 0 aliphatic heterocycles. The maximum absolute atomic E-state index is 2.44. The number of aryl methyl sites for hydroxylation is 1. The number of unbranched alkanes of at least 4 members (excludes halogenated alkanes) is 10. The van der Waals surface area contributed by atoms with Crippen molar-refractivity contribution in [2.24, 2.45) is 0 Å². The third kappa shape index (κ3) is 12.0. The molecule has 0 fully saturated rings. The Morgan fingerprint density at radius 1 is 0.667 bits per heavy atom. The van der Waals surface area contributed by atoms with Crippen LogP contribution < -0.4 is 0 Å². The van der Waals surface area contributed by atoms with Crippen LogP contribution in [0, 0.1) is 0 Å². The lowest BCUT2D eigenvalue weighted by Crippen LogP contribution is -2.16. The minimum absolute atomic E-state index is 0.651. The van der Waals surface area contributed by atoms with Crippen LogP contribution in [0.3, 0.4) is 0 Å². The summed E-state index contributed by atoms with van der Waals surface area (Å²) in [5.74, 6) is 1.46. The number of rotatable bonds is 15. The quantitative estimate of drug-likeness (QED) is 0.232. The summed E-state index contributed by atoms with van der Waals surface area (Å²) in [4.78, 5) is 0. The summed E-state index contributed by atoms with van der Waals surface area (Å²) in [6, 6.07) is 10.9. The first-order valence-corrected chi connectivity index (χ1v) is 12.2. The van der Waals surface area contributed by atoms with Gasteiger partial charge < -0.3 is 0 Å². The fourth-order valence-corrected chi connectivity index (χ4v) is 4.26. The van der Waals surface area contributed by atoms with Crippen LogP contribution in [0.2, 0.25) is 0 Å². The van der Waals surface area contributed by atoms with Crippen LogP contribution in [0.25, 0.3) is 0 Å². The van der Waals surface area contributed by atoms with Crippen molar-refractivity contribution < 1.29 is 0 Å². The molecule has 1 aromatic rings. The zero-order valence-electron chi connectivity index (χ0n) is 16.6. The van der Waals surface area contributed by atoms with E-state index in [0.717, 1.165) is 5.25 Å². The van der Waals surface area contributed by atoms with E-state index in [4.69, 9.17) is 0 Å². The lowest BCUT2D eigenvalue weighted by atomic mass is 10.0. The summed E-state index contributed by atoms with van der Waals surface area (Å²) in [6.07, 6.45) is 19.6. The minimum Gasteiger partial charge on any atom is -0.0622 e. The summed E-state index contributed by atoms with van der Waals surface area (Å²) in [6.45, 7) is 4.73. The Bertz CT molecular complexity index is 371. The largest absolute Gasteiger partial charge is 0.112 e. The summed E-state index contributed by atoms with van der Waals surface area (Å²) in [5, 5.41) is 0.887. The Balaban J connectivity index is 1.76. The molecule has 0 bridgehead atoms. The van der Waals surface area contributed by atoms with Gasteiger partial charge in [-0.1, -0.05) is 81.7 Å². The molecule has 0 nitrogen and oxygen atoms in total. The van der Waals surface area contributed by atoms with Crippen LogP contribution in [-0.4, -0.2) is 17.3 Å². The van der Waals surface area contributed by atoms with E-state index >= 15 is 0 Å². The summed E-state index contributed by atoms with van der Waals surface area (Å²) >= 11 is 0. The van der Waals surface area contributed by atoms with E-state index in [1.165, 1.54) is 88.4 Å². The van der Waals surface area contributed by atoms with Gasteiger partial charge in [0.2, 0.25) is 0 Å². The van der Waals surface area contributed by atoms with Crippen molar-refractivity contribution in [2.45, 2.75) is 96.1 Å². The summed E-state index contributed by atoms with van der Waals surface area (Å²) < 4.78 is 0. The van der Waals surface area contributed by atoms with E-state index < -0.39 is 0 Å². The molecule has 0 saturated heterocycles. The first kappa shape index (κ1) is 21.6. The lowest BCUT2D eigenvalue weighted by Gasteiger charge is -2.06. The van der Waals surface area contributed by atoms with Gasteiger partial charge in [-0.2, -0.15) is 0 Å². The van der Waals surface area contributed by atoms with E-state index in [0.29, 0.717) is 10.9 Å². The molecule has 1 atom stereocenters. The molecule has 1 unspecified atom stereocenters. The number of hydrogen-bond donors (Lipinski definition) is 0. The van der Waals surface area contributed by atoms with Crippen LogP contribution in [0.4, 0.5) is 0 Å². The summed E-state index contributed by atoms with van der Waals surface area (Å²) in [7, 11) is 0.651. The molecular weight excluding hydrogens is 308 g/mol. The first-order valence-electron chi connectivity index (χ1n) is 10.4.